The smallest absolute Gasteiger partial charge is 0.0332 e. The molecule has 1 aromatic rings. The molecule has 3 atom stereocenters. The summed E-state index contributed by atoms with van der Waals surface area (Å²) in [7, 11) is 0. The molecule has 17 heavy (non-hydrogen) atoms. The maximum Gasteiger partial charge on any atom is 0.0332 e. The second-order valence-corrected chi connectivity index (χ2v) is 6.32. The van der Waals surface area contributed by atoms with Crippen molar-refractivity contribution in [3.05, 3.63) is 22.4 Å². The SMILES string of the molecule is CC(C)C1CN(C(C)c2ccsc2)C(C)CN1. The Morgan fingerprint density at radius 1 is 1.41 bits per heavy atom. The Morgan fingerprint density at radius 3 is 2.76 bits per heavy atom. The van der Waals surface area contributed by atoms with Gasteiger partial charge >= 0.3 is 0 Å². The van der Waals surface area contributed by atoms with E-state index in [-0.39, 0.29) is 0 Å². The molecule has 0 saturated carbocycles. The number of rotatable bonds is 3. The molecule has 3 unspecified atom stereocenters. The van der Waals surface area contributed by atoms with Crippen molar-refractivity contribution in [1.82, 2.24) is 10.2 Å². The highest BCUT2D eigenvalue weighted by atomic mass is 32.1. The quantitative estimate of drug-likeness (QED) is 0.889. The van der Waals surface area contributed by atoms with Crippen LogP contribution in [0.2, 0.25) is 0 Å². The first-order valence-electron chi connectivity index (χ1n) is 6.60. The molecule has 0 aromatic carbocycles. The van der Waals surface area contributed by atoms with E-state index in [0.717, 1.165) is 13.1 Å². The lowest BCUT2D eigenvalue weighted by molar-refractivity contribution is 0.0854. The van der Waals surface area contributed by atoms with Gasteiger partial charge < -0.3 is 5.32 Å². The Hall–Kier alpha value is -0.380. The second kappa shape index (κ2) is 5.51. The molecule has 0 bridgehead atoms. The lowest BCUT2D eigenvalue weighted by Crippen LogP contribution is -2.57. The van der Waals surface area contributed by atoms with Crippen molar-refractivity contribution in [2.75, 3.05) is 13.1 Å². The first-order chi connectivity index (χ1) is 8.09. The standard InChI is InChI=1S/C14H24N2S/c1-10(2)14-8-16(11(3)7-15-14)12(4)13-5-6-17-9-13/h5-6,9-12,14-15H,7-8H2,1-4H3. The molecular weight excluding hydrogens is 228 g/mol. The van der Waals surface area contributed by atoms with Crippen molar-refractivity contribution in [2.24, 2.45) is 5.92 Å². The van der Waals surface area contributed by atoms with Crippen LogP contribution in [0.4, 0.5) is 0 Å². The number of nitrogens with zero attached hydrogens (tertiary/aromatic N) is 1. The number of hydrogen-bond acceptors (Lipinski definition) is 3. The van der Waals surface area contributed by atoms with Crippen LogP contribution < -0.4 is 5.32 Å². The number of nitrogens with one attached hydrogen (secondary N) is 1. The maximum absolute atomic E-state index is 3.66. The molecule has 1 aliphatic rings. The van der Waals surface area contributed by atoms with Crippen LogP contribution in [0.25, 0.3) is 0 Å². The van der Waals surface area contributed by atoms with Crippen LogP contribution in [-0.2, 0) is 0 Å². The summed E-state index contributed by atoms with van der Waals surface area (Å²) < 4.78 is 0. The van der Waals surface area contributed by atoms with Gasteiger partial charge in [-0.3, -0.25) is 4.90 Å². The molecule has 96 valence electrons. The first kappa shape index (κ1) is 13.1. The van der Waals surface area contributed by atoms with Gasteiger partial charge in [-0.05, 0) is 42.2 Å². The van der Waals surface area contributed by atoms with E-state index in [9.17, 15) is 0 Å². The van der Waals surface area contributed by atoms with Gasteiger partial charge in [-0.1, -0.05) is 13.8 Å². The molecule has 1 N–H and O–H groups in total. The van der Waals surface area contributed by atoms with Gasteiger partial charge in [-0.2, -0.15) is 11.3 Å². The van der Waals surface area contributed by atoms with Crippen LogP contribution in [0.15, 0.2) is 16.8 Å². The molecule has 3 heteroatoms. The Morgan fingerprint density at radius 2 is 2.18 bits per heavy atom. The Bertz CT molecular complexity index is 334. The minimum atomic E-state index is 0.541. The lowest BCUT2D eigenvalue weighted by atomic mass is 9.97. The van der Waals surface area contributed by atoms with E-state index in [4.69, 9.17) is 0 Å². The lowest BCUT2D eigenvalue weighted by Gasteiger charge is -2.43. The zero-order valence-electron chi connectivity index (χ0n) is 11.3. The third kappa shape index (κ3) is 2.90. The average molecular weight is 252 g/mol. The molecular formula is C14H24N2S. The monoisotopic (exact) mass is 252 g/mol. The summed E-state index contributed by atoms with van der Waals surface area (Å²) in [6.07, 6.45) is 0. The average Bonchev–Trinajstić information content (AvgIpc) is 2.81. The van der Waals surface area contributed by atoms with Gasteiger partial charge in [0.1, 0.15) is 0 Å². The third-order valence-electron chi connectivity index (χ3n) is 3.98. The van der Waals surface area contributed by atoms with E-state index in [1.54, 1.807) is 11.3 Å². The van der Waals surface area contributed by atoms with E-state index in [2.05, 4.69) is 54.7 Å². The van der Waals surface area contributed by atoms with Gasteiger partial charge in [0.2, 0.25) is 0 Å². The van der Waals surface area contributed by atoms with Gasteiger partial charge in [-0.15, -0.1) is 0 Å². The second-order valence-electron chi connectivity index (χ2n) is 5.54. The molecule has 0 amide bonds. The fourth-order valence-electron chi connectivity index (χ4n) is 2.60. The topological polar surface area (TPSA) is 15.3 Å². The van der Waals surface area contributed by atoms with E-state index in [0.29, 0.717) is 24.0 Å². The van der Waals surface area contributed by atoms with E-state index >= 15 is 0 Å². The van der Waals surface area contributed by atoms with Crippen molar-refractivity contribution in [1.29, 1.82) is 0 Å². The highest BCUT2D eigenvalue weighted by Crippen LogP contribution is 2.27. The van der Waals surface area contributed by atoms with Gasteiger partial charge in [0.15, 0.2) is 0 Å². The molecule has 2 rings (SSSR count). The van der Waals surface area contributed by atoms with Crippen LogP contribution in [0, 0.1) is 5.92 Å². The molecule has 0 spiro atoms. The maximum atomic E-state index is 3.66. The predicted octanol–water partition coefficient (Wildman–Crippen LogP) is 3.13. The van der Waals surface area contributed by atoms with Crippen molar-refractivity contribution >= 4 is 11.3 Å². The molecule has 1 saturated heterocycles. The summed E-state index contributed by atoms with van der Waals surface area (Å²) in [6.45, 7) is 11.5. The summed E-state index contributed by atoms with van der Waals surface area (Å²) in [5, 5.41) is 8.12. The molecule has 2 nitrogen and oxygen atoms in total. The molecule has 0 aliphatic carbocycles. The Kier molecular flexibility index (Phi) is 4.23. The summed E-state index contributed by atoms with van der Waals surface area (Å²) >= 11 is 1.80. The molecule has 1 fully saturated rings. The van der Waals surface area contributed by atoms with Crippen LogP contribution in [0.3, 0.4) is 0 Å². The van der Waals surface area contributed by atoms with Gasteiger partial charge in [0.25, 0.3) is 0 Å². The van der Waals surface area contributed by atoms with Crippen LogP contribution in [0.1, 0.15) is 39.3 Å². The van der Waals surface area contributed by atoms with E-state index < -0.39 is 0 Å². The van der Waals surface area contributed by atoms with Gasteiger partial charge in [-0.25, -0.2) is 0 Å². The van der Waals surface area contributed by atoms with E-state index in [1.165, 1.54) is 5.56 Å². The van der Waals surface area contributed by atoms with Crippen LogP contribution in [0.5, 0.6) is 0 Å². The fraction of sp³-hybridized carbons (Fsp3) is 0.714. The number of piperazine rings is 1. The zero-order chi connectivity index (χ0) is 12.4. The van der Waals surface area contributed by atoms with Crippen molar-refractivity contribution < 1.29 is 0 Å². The predicted molar refractivity (Wildman–Crippen MR) is 75.5 cm³/mol. The van der Waals surface area contributed by atoms with E-state index in [1.807, 2.05) is 0 Å². The number of thiophene rings is 1. The highest BCUT2D eigenvalue weighted by molar-refractivity contribution is 7.07. The first-order valence-corrected chi connectivity index (χ1v) is 7.55. The van der Waals surface area contributed by atoms with Crippen LogP contribution in [-0.4, -0.2) is 30.1 Å². The van der Waals surface area contributed by atoms with Crippen molar-refractivity contribution in [3.63, 3.8) is 0 Å². The van der Waals surface area contributed by atoms with Crippen LogP contribution >= 0.6 is 11.3 Å². The molecule has 1 aliphatic heterocycles. The highest BCUT2D eigenvalue weighted by Gasteiger charge is 2.30. The fourth-order valence-corrected chi connectivity index (χ4v) is 3.35. The van der Waals surface area contributed by atoms with Gasteiger partial charge in [0.05, 0.1) is 0 Å². The summed E-state index contributed by atoms with van der Waals surface area (Å²) in [6, 6.07) is 4.06. The Labute approximate surface area is 109 Å². The third-order valence-corrected chi connectivity index (χ3v) is 4.68. The number of hydrogen-bond donors (Lipinski definition) is 1. The minimum Gasteiger partial charge on any atom is -0.311 e. The zero-order valence-corrected chi connectivity index (χ0v) is 12.1. The summed E-state index contributed by atoms with van der Waals surface area (Å²) in [4.78, 5) is 2.64. The molecule has 2 heterocycles. The summed E-state index contributed by atoms with van der Waals surface area (Å²) in [5.74, 6) is 0.708. The molecule has 0 radical (unpaired) electrons. The normalized spacial score (nSPS) is 28.5. The van der Waals surface area contributed by atoms with Gasteiger partial charge in [0, 0.05) is 31.2 Å². The largest absolute Gasteiger partial charge is 0.311 e. The summed E-state index contributed by atoms with van der Waals surface area (Å²) in [5.41, 5.74) is 1.46. The minimum absolute atomic E-state index is 0.541. The molecule has 1 aromatic heterocycles. The van der Waals surface area contributed by atoms with Crippen molar-refractivity contribution in [3.8, 4) is 0 Å². The van der Waals surface area contributed by atoms with Crippen molar-refractivity contribution in [2.45, 2.75) is 45.8 Å². The Balaban J connectivity index is 2.07.